The van der Waals surface area contributed by atoms with E-state index in [-0.39, 0.29) is 36.3 Å². The third-order valence-electron chi connectivity index (χ3n) is 5.17. The van der Waals surface area contributed by atoms with Crippen molar-refractivity contribution < 1.29 is 14.3 Å². The van der Waals surface area contributed by atoms with Gasteiger partial charge in [-0.3, -0.25) is 4.79 Å². The van der Waals surface area contributed by atoms with E-state index in [9.17, 15) is 9.59 Å². The highest BCUT2D eigenvalue weighted by atomic mass is 16.6. The van der Waals surface area contributed by atoms with Crippen LogP contribution in [0.1, 0.15) is 32.8 Å². The monoisotopic (exact) mass is 327 g/mol. The Morgan fingerprint density at radius 3 is 2.62 bits per heavy atom. The average molecular weight is 327 g/mol. The Labute approximate surface area is 143 Å². The molecule has 0 radical (unpaired) electrons. The van der Waals surface area contributed by atoms with E-state index >= 15 is 0 Å². The molecule has 1 fully saturated rings. The molecule has 0 spiro atoms. The number of ether oxygens (including phenoxy) is 1. The maximum Gasteiger partial charge on any atom is 0.416 e. The number of hydrogen-bond donors (Lipinski definition) is 0. The Morgan fingerprint density at radius 2 is 1.96 bits per heavy atom. The van der Waals surface area contributed by atoms with E-state index in [0.717, 1.165) is 12.0 Å². The molecule has 0 N–H and O–H groups in total. The second-order valence-corrected chi connectivity index (χ2v) is 7.21. The summed E-state index contributed by atoms with van der Waals surface area (Å²) in [6.07, 6.45) is 3.22. The second-order valence-electron chi connectivity index (χ2n) is 7.21. The largest absolute Gasteiger partial charge is 0.447 e. The first kappa shape index (κ1) is 16.7. The first-order valence-electron chi connectivity index (χ1n) is 8.68. The summed E-state index contributed by atoms with van der Waals surface area (Å²) in [5, 5.41) is 0. The van der Waals surface area contributed by atoms with Crippen molar-refractivity contribution in [3.63, 3.8) is 0 Å². The SMILES string of the molecule is CC1=C[C@H](C)[C@H](C(=O)N2C(=O)OC[C@@H]2Cc2ccccc2)[C@@H](C)C1. The van der Waals surface area contributed by atoms with Gasteiger partial charge in [-0.2, -0.15) is 0 Å². The van der Waals surface area contributed by atoms with Crippen molar-refractivity contribution >= 4 is 12.0 Å². The Kier molecular flexibility index (Phi) is 4.74. The van der Waals surface area contributed by atoms with Crippen molar-refractivity contribution in [2.24, 2.45) is 17.8 Å². The highest BCUT2D eigenvalue weighted by Gasteiger charge is 2.44. The van der Waals surface area contributed by atoms with E-state index in [0.29, 0.717) is 6.42 Å². The summed E-state index contributed by atoms with van der Waals surface area (Å²) in [7, 11) is 0. The van der Waals surface area contributed by atoms with Gasteiger partial charge >= 0.3 is 6.09 Å². The number of carbonyl (C=O) groups excluding carboxylic acids is 2. The molecule has 2 aliphatic rings. The molecule has 1 heterocycles. The van der Waals surface area contributed by atoms with E-state index in [1.165, 1.54) is 10.5 Å². The van der Waals surface area contributed by atoms with Crippen molar-refractivity contribution in [3.8, 4) is 0 Å². The topological polar surface area (TPSA) is 46.6 Å². The standard InChI is InChI=1S/C20H25NO3/c1-13-9-14(2)18(15(3)10-13)19(22)21-17(12-24-20(21)23)11-16-7-5-4-6-8-16/h4-9,14-15,17-18H,10-12H2,1-3H3/t14-,15-,17-,18-/m0/s1. The molecule has 1 aromatic rings. The predicted octanol–water partition coefficient (Wildman–Crippen LogP) is 3.81. The third-order valence-corrected chi connectivity index (χ3v) is 5.17. The maximum absolute atomic E-state index is 13.1. The number of hydrogen-bond acceptors (Lipinski definition) is 3. The zero-order valence-corrected chi connectivity index (χ0v) is 14.6. The number of amides is 2. The van der Waals surface area contributed by atoms with Gasteiger partial charge in [-0.25, -0.2) is 9.69 Å². The molecule has 4 nitrogen and oxygen atoms in total. The smallest absolute Gasteiger partial charge is 0.416 e. The summed E-state index contributed by atoms with van der Waals surface area (Å²) in [5.74, 6) is 0.148. The van der Waals surface area contributed by atoms with Gasteiger partial charge in [-0.05, 0) is 37.2 Å². The van der Waals surface area contributed by atoms with Gasteiger partial charge in [0.1, 0.15) is 6.61 Å². The van der Waals surface area contributed by atoms with Gasteiger partial charge in [0.05, 0.1) is 6.04 Å². The Bertz CT molecular complexity index is 652. The van der Waals surface area contributed by atoms with Crippen LogP contribution in [0.15, 0.2) is 42.0 Å². The minimum absolute atomic E-state index is 0.0813. The van der Waals surface area contributed by atoms with Crippen molar-refractivity contribution in [2.75, 3.05) is 6.61 Å². The molecule has 24 heavy (non-hydrogen) atoms. The Morgan fingerprint density at radius 1 is 1.25 bits per heavy atom. The van der Waals surface area contributed by atoms with Crippen LogP contribution in [-0.2, 0) is 16.0 Å². The van der Waals surface area contributed by atoms with Crippen molar-refractivity contribution in [2.45, 2.75) is 39.7 Å². The van der Waals surface area contributed by atoms with Crippen molar-refractivity contribution in [1.82, 2.24) is 4.90 Å². The van der Waals surface area contributed by atoms with Gasteiger partial charge < -0.3 is 4.74 Å². The molecule has 1 aliphatic heterocycles. The Balaban J connectivity index is 1.80. The lowest BCUT2D eigenvalue weighted by atomic mass is 9.74. The van der Waals surface area contributed by atoms with Gasteiger partial charge in [-0.1, -0.05) is 55.8 Å². The van der Waals surface area contributed by atoms with Gasteiger partial charge in [0.15, 0.2) is 0 Å². The lowest BCUT2D eigenvalue weighted by Crippen LogP contribution is -2.47. The zero-order valence-electron chi connectivity index (χ0n) is 14.6. The number of rotatable bonds is 3. The normalized spacial score (nSPS) is 30.0. The fourth-order valence-electron chi connectivity index (χ4n) is 4.17. The van der Waals surface area contributed by atoms with Crippen LogP contribution in [0.4, 0.5) is 4.79 Å². The predicted molar refractivity (Wildman–Crippen MR) is 92.3 cm³/mol. The van der Waals surface area contributed by atoms with E-state index in [1.807, 2.05) is 30.3 Å². The molecule has 4 atom stereocenters. The molecule has 3 rings (SSSR count). The molecule has 128 valence electrons. The number of benzene rings is 1. The summed E-state index contributed by atoms with van der Waals surface area (Å²) in [6.45, 7) is 6.55. The number of carbonyl (C=O) groups is 2. The molecule has 0 aromatic heterocycles. The highest BCUT2D eigenvalue weighted by molar-refractivity contribution is 5.95. The fraction of sp³-hybridized carbons (Fsp3) is 0.500. The second kappa shape index (κ2) is 6.80. The molecule has 0 saturated carbocycles. The number of allylic oxidation sites excluding steroid dienone is 2. The minimum atomic E-state index is -0.494. The van der Waals surface area contributed by atoms with Crippen molar-refractivity contribution in [1.29, 1.82) is 0 Å². The van der Waals surface area contributed by atoms with Gasteiger partial charge in [0.25, 0.3) is 0 Å². The summed E-state index contributed by atoms with van der Waals surface area (Å²) in [5.41, 5.74) is 2.43. The van der Waals surface area contributed by atoms with E-state index in [2.05, 4.69) is 26.8 Å². The van der Waals surface area contributed by atoms with Gasteiger partial charge in [0, 0.05) is 5.92 Å². The molecule has 1 saturated heterocycles. The molecule has 1 aromatic carbocycles. The van der Waals surface area contributed by atoms with E-state index < -0.39 is 6.09 Å². The van der Waals surface area contributed by atoms with Crippen LogP contribution in [0, 0.1) is 17.8 Å². The molecule has 0 bridgehead atoms. The number of nitrogens with zero attached hydrogens (tertiary/aromatic N) is 1. The molecule has 4 heteroatoms. The van der Waals surface area contributed by atoms with Gasteiger partial charge in [-0.15, -0.1) is 0 Å². The quantitative estimate of drug-likeness (QED) is 0.793. The van der Waals surface area contributed by atoms with E-state index in [4.69, 9.17) is 4.74 Å². The molecule has 0 unspecified atom stereocenters. The van der Waals surface area contributed by atoms with Crippen LogP contribution < -0.4 is 0 Å². The summed E-state index contributed by atoms with van der Waals surface area (Å²) in [4.78, 5) is 26.7. The lowest BCUT2D eigenvalue weighted by Gasteiger charge is -2.34. The van der Waals surface area contributed by atoms with Crippen LogP contribution in [0.2, 0.25) is 0 Å². The molecule has 2 amide bonds. The van der Waals surface area contributed by atoms with Crippen LogP contribution >= 0.6 is 0 Å². The van der Waals surface area contributed by atoms with Crippen LogP contribution in [0.25, 0.3) is 0 Å². The summed E-state index contributed by atoms with van der Waals surface area (Å²) in [6, 6.07) is 9.73. The average Bonchev–Trinajstić information content (AvgIpc) is 2.87. The first-order chi connectivity index (χ1) is 11.5. The van der Waals surface area contributed by atoms with E-state index in [1.54, 1.807) is 0 Å². The number of cyclic esters (lactones) is 1. The molecular formula is C20H25NO3. The zero-order chi connectivity index (χ0) is 17.3. The van der Waals surface area contributed by atoms with Crippen LogP contribution in [0.5, 0.6) is 0 Å². The number of imide groups is 1. The lowest BCUT2D eigenvalue weighted by molar-refractivity contribution is -0.136. The fourth-order valence-corrected chi connectivity index (χ4v) is 4.17. The Hall–Kier alpha value is -2.10. The summed E-state index contributed by atoms with van der Waals surface area (Å²) >= 11 is 0. The van der Waals surface area contributed by atoms with Crippen LogP contribution in [0.3, 0.4) is 0 Å². The van der Waals surface area contributed by atoms with Crippen LogP contribution in [-0.4, -0.2) is 29.5 Å². The maximum atomic E-state index is 13.1. The van der Waals surface area contributed by atoms with Gasteiger partial charge in [0.2, 0.25) is 5.91 Å². The minimum Gasteiger partial charge on any atom is -0.447 e. The molecular weight excluding hydrogens is 302 g/mol. The highest BCUT2D eigenvalue weighted by Crippen LogP contribution is 2.36. The van der Waals surface area contributed by atoms with Crippen molar-refractivity contribution in [3.05, 3.63) is 47.5 Å². The third kappa shape index (κ3) is 3.23. The molecule has 1 aliphatic carbocycles. The summed E-state index contributed by atoms with van der Waals surface area (Å²) < 4.78 is 5.20. The first-order valence-corrected chi connectivity index (χ1v) is 8.68.